The van der Waals surface area contributed by atoms with Gasteiger partial charge in [0.05, 0.1) is 11.8 Å². The quantitative estimate of drug-likeness (QED) is 0.522. The summed E-state index contributed by atoms with van der Waals surface area (Å²) in [4.78, 5) is 4.10. The highest BCUT2D eigenvalue weighted by Gasteiger charge is 2.23. The zero-order valence-corrected chi connectivity index (χ0v) is 16.0. The van der Waals surface area contributed by atoms with Crippen LogP contribution in [0.1, 0.15) is 36.2 Å². The van der Waals surface area contributed by atoms with Crippen molar-refractivity contribution in [2.24, 2.45) is 7.05 Å². The number of nitrogens with zero attached hydrogens (tertiary/aromatic N) is 6. The molecule has 0 spiro atoms. The van der Waals surface area contributed by atoms with Crippen LogP contribution in [0.25, 0.3) is 17.0 Å². The van der Waals surface area contributed by atoms with Gasteiger partial charge in [0.25, 0.3) is 0 Å². The van der Waals surface area contributed by atoms with Gasteiger partial charge < -0.3 is 4.74 Å². The molecule has 7 nitrogen and oxygen atoms in total. The Bertz CT molecular complexity index is 1300. The molecule has 0 aliphatic carbocycles. The van der Waals surface area contributed by atoms with E-state index in [4.69, 9.17) is 8.85 Å². The first-order valence-corrected chi connectivity index (χ1v) is 8.79. The molecule has 3 heterocycles. The average molecular weight is 401 g/mol. The molecule has 4 rings (SSSR count). The number of aromatic nitrogens is 6. The minimum Gasteiger partial charge on any atom is -0.484 e. The van der Waals surface area contributed by atoms with Crippen LogP contribution >= 0.6 is 0 Å². The summed E-state index contributed by atoms with van der Waals surface area (Å²) >= 11 is 0. The van der Waals surface area contributed by atoms with E-state index in [9.17, 15) is 8.78 Å². The van der Waals surface area contributed by atoms with Crippen molar-refractivity contribution < 1.29 is 17.6 Å². The molecule has 0 fully saturated rings. The molecule has 0 bridgehead atoms. The third kappa shape index (κ3) is 3.55. The zero-order valence-electron chi connectivity index (χ0n) is 19.0. The molecule has 9 heteroatoms. The highest BCUT2D eigenvalue weighted by molar-refractivity contribution is 5.62. The predicted molar refractivity (Wildman–Crippen MR) is 102 cm³/mol. The fraction of sp³-hybridized carbons (Fsp3) is 0.300. The van der Waals surface area contributed by atoms with Crippen LogP contribution in [0.4, 0.5) is 8.78 Å². The lowest BCUT2D eigenvalue weighted by Gasteiger charge is -2.23. The van der Waals surface area contributed by atoms with Crippen molar-refractivity contribution in [2.75, 3.05) is 0 Å². The predicted octanol–water partition coefficient (Wildman–Crippen LogP) is 3.68. The van der Waals surface area contributed by atoms with Crippen LogP contribution in [0.2, 0.25) is 0 Å². The second-order valence-electron chi connectivity index (χ2n) is 7.14. The number of fused-ring (bicyclic) bond motifs is 1. The lowest BCUT2D eigenvalue weighted by atomic mass is 9.87. The molecule has 3 aromatic heterocycles. The monoisotopic (exact) mass is 401 g/mol. The van der Waals surface area contributed by atoms with Gasteiger partial charge in [0, 0.05) is 16.7 Å². The molecule has 0 radical (unpaired) electrons. The maximum absolute atomic E-state index is 14.4. The zero-order chi connectivity index (χ0) is 23.3. The summed E-state index contributed by atoms with van der Waals surface area (Å²) in [6.07, 6.45) is 2.86. The molecular weight excluding hydrogens is 378 g/mol. The van der Waals surface area contributed by atoms with E-state index in [0.717, 1.165) is 18.2 Å². The molecule has 0 atom stereocenters. The summed E-state index contributed by atoms with van der Waals surface area (Å²) < 4.78 is 61.0. The second kappa shape index (κ2) is 6.91. The number of rotatable bonds is 4. The minimum absolute atomic E-state index is 0.0118. The lowest BCUT2D eigenvalue weighted by Crippen LogP contribution is -2.15. The van der Waals surface area contributed by atoms with E-state index < -0.39 is 23.9 Å². The molecule has 1 aromatic carbocycles. The van der Waals surface area contributed by atoms with E-state index in [0.29, 0.717) is 11.4 Å². The number of hydrogen-bond donors (Lipinski definition) is 0. The van der Waals surface area contributed by atoms with Crippen molar-refractivity contribution in [1.29, 1.82) is 0 Å². The normalized spacial score (nSPS) is 13.9. The molecule has 0 saturated heterocycles. The van der Waals surface area contributed by atoms with Gasteiger partial charge in [-0.1, -0.05) is 20.7 Å². The van der Waals surface area contributed by atoms with Gasteiger partial charge in [-0.05, 0) is 29.7 Å². The first-order valence-electron chi connectivity index (χ1n) is 10.3. The first kappa shape index (κ1) is 15.5. The van der Waals surface area contributed by atoms with Crippen LogP contribution in [0, 0.1) is 11.6 Å². The third-order valence-electron chi connectivity index (χ3n) is 4.51. The minimum atomic E-state index is -2.36. The maximum Gasteiger partial charge on any atom is 0.171 e. The van der Waals surface area contributed by atoms with Gasteiger partial charge in [-0.2, -0.15) is 5.10 Å². The summed E-state index contributed by atoms with van der Waals surface area (Å²) in [6, 6.07) is 4.57. The Morgan fingerprint density at radius 2 is 2.03 bits per heavy atom. The van der Waals surface area contributed by atoms with Gasteiger partial charge in [-0.3, -0.25) is 9.08 Å². The smallest absolute Gasteiger partial charge is 0.171 e. The topological polar surface area (TPSA) is 70.1 Å². The van der Waals surface area contributed by atoms with E-state index in [1.165, 1.54) is 27.7 Å². The lowest BCUT2D eigenvalue weighted by molar-refractivity contribution is 0.281. The summed E-state index contributed by atoms with van der Waals surface area (Å²) in [6.45, 7) is 0.804. The Morgan fingerprint density at radius 3 is 2.76 bits per heavy atom. The number of pyridine rings is 1. The molecular formula is C20H20F2N6O. The first-order chi connectivity index (χ1) is 15.0. The SMILES string of the molecule is [2H]C([2H])([2H])C(C)(C)c1cc2nnc(-c3cc(F)ccc3F)n2cc1OCc1ncnn1C. The number of halogens is 2. The van der Waals surface area contributed by atoms with E-state index in [1.807, 2.05) is 0 Å². The fourth-order valence-electron chi connectivity index (χ4n) is 2.97. The van der Waals surface area contributed by atoms with Crippen LogP contribution in [-0.4, -0.2) is 29.4 Å². The molecule has 4 aromatic rings. The Balaban J connectivity index is 1.89. The van der Waals surface area contributed by atoms with E-state index in [-0.39, 0.29) is 29.4 Å². The molecule has 29 heavy (non-hydrogen) atoms. The van der Waals surface area contributed by atoms with Crippen LogP contribution in [0.5, 0.6) is 5.75 Å². The van der Waals surface area contributed by atoms with E-state index in [1.54, 1.807) is 20.9 Å². The molecule has 0 aliphatic heterocycles. The Kier molecular flexibility index (Phi) is 3.71. The summed E-state index contributed by atoms with van der Waals surface area (Å²) in [5.41, 5.74) is -0.757. The molecule has 0 amide bonds. The van der Waals surface area contributed by atoms with Crippen LogP contribution in [0.15, 0.2) is 36.8 Å². The molecule has 0 N–H and O–H groups in total. The summed E-state index contributed by atoms with van der Waals surface area (Å²) in [7, 11) is 1.70. The van der Waals surface area contributed by atoms with Gasteiger partial charge in [0.2, 0.25) is 0 Å². The Labute approximate surface area is 170 Å². The molecule has 0 unspecified atom stereocenters. The molecule has 0 aliphatic rings. The van der Waals surface area contributed by atoms with Crippen molar-refractivity contribution >= 4 is 5.65 Å². The van der Waals surface area contributed by atoms with Crippen LogP contribution < -0.4 is 4.74 Å². The van der Waals surface area contributed by atoms with Gasteiger partial charge in [0.15, 0.2) is 17.3 Å². The van der Waals surface area contributed by atoms with Gasteiger partial charge in [-0.15, -0.1) is 10.2 Å². The van der Waals surface area contributed by atoms with Gasteiger partial charge >= 0.3 is 0 Å². The molecule has 150 valence electrons. The van der Waals surface area contributed by atoms with Gasteiger partial charge in [0.1, 0.15) is 30.3 Å². The van der Waals surface area contributed by atoms with E-state index >= 15 is 0 Å². The van der Waals surface area contributed by atoms with Crippen molar-refractivity contribution in [2.45, 2.75) is 32.7 Å². The van der Waals surface area contributed by atoms with Gasteiger partial charge in [-0.25, -0.2) is 13.8 Å². The van der Waals surface area contributed by atoms with E-state index in [2.05, 4.69) is 20.3 Å². The van der Waals surface area contributed by atoms with Crippen molar-refractivity contribution in [1.82, 2.24) is 29.4 Å². The third-order valence-corrected chi connectivity index (χ3v) is 4.51. The van der Waals surface area contributed by atoms with Crippen LogP contribution in [-0.2, 0) is 19.1 Å². The number of aryl methyl sites for hydroxylation is 1. The average Bonchev–Trinajstić information content (AvgIpc) is 3.32. The number of ether oxygens (including phenoxy) is 1. The Morgan fingerprint density at radius 1 is 1.21 bits per heavy atom. The van der Waals surface area contributed by atoms with Crippen LogP contribution in [0.3, 0.4) is 0 Å². The maximum atomic E-state index is 14.4. The summed E-state index contributed by atoms with van der Waals surface area (Å²) in [5, 5.41) is 12.0. The number of hydrogen-bond acceptors (Lipinski definition) is 5. The van der Waals surface area contributed by atoms with Crippen molar-refractivity contribution in [3.8, 4) is 17.1 Å². The van der Waals surface area contributed by atoms with Crippen molar-refractivity contribution in [3.63, 3.8) is 0 Å². The standard InChI is InChI=1S/C20H20F2N6O/c1-20(2,3)14-8-17-25-26-19(13-7-12(21)5-6-15(13)22)28(17)9-16(14)29-10-18-23-11-24-27(18)4/h5-9,11H,10H2,1-4H3/i1D3. The fourth-order valence-corrected chi connectivity index (χ4v) is 2.97. The largest absolute Gasteiger partial charge is 0.484 e. The highest BCUT2D eigenvalue weighted by Crippen LogP contribution is 2.34. The second-order valence-corrected chi connectivity index (χ2v) is 7.14. The summed E-state index contributed by atoms with van der Waals surface area (Å²) in [5.74, 6) is -0.507. The van der Waals surface area contributed by atoms with Crippen molar-refractivity contribution in [3.05, 3.63) is 59.8 Å². The highest BCUT2D eigenvalue weighted by atomic mass is 19.1. The molecule has 0 saturated carbocycles. The Hall–Kier alpha value is -3.36. The number of benzene rings is 1.